The molecule has 0 aliphatic heterocycles. The Balaban J connectivity index is 2.44. The lowest BCUT2D eigenvalue weighted by atomic mass is 9.83. The first kappa shape index (κ1) is 14.4. The van der Waals surface area contributed by atoms with E-state index < -0.39 is 8.80 Å². The first-order chi connectivity index (χ1) is 9.17. The number of rotatable bonds is 4. The topological polar surface area (TPSA) is 18.5 Å². The first-order valence-electron chi connectivity index (χ1n) is 7.43. The average Bonchev–Trinajstić information content (AvgIpc) is 2.46. The Morgan fingerprint density at radius 3 is 1.89 bits per heavy atom. The molecule has 1 fully saturated rings. The predicted molar refractivity (Wildman–Crippen MR) is 83.9 cm³/mol. The molecule has 0 spiro atoms. The number of benzene rings is 1. The number of ether oxygens (including phenoxy) is 2. The normalized spacial score (nSPS) is 16.7. The molecule has 1 aromatic rings. The zero-order valence-corrected chi connectivity index (χ0v) is 13.8. The molecule has 1 aromatic carbocycles. The van der Waals surface area contributed by atoms with Crippen LogP contribution in [-0.2, 0) is 0 Å². The lowest BCUT2D eigenvalue weighted by Gasteiger charge is -2.26. The van der Waals surface area contributed by atoms with Gasteiger partial charge in [0.15, 0.2) is 0 Å². The van der Waals surface area contributed by atoms with Crippen molar-refractivity contribution < 1.29 is 9.47 Å². The van der Waals surface area contributed by atoms with Crippen LogP contribution in [0.5, 0.6) is 11.5 Å². The van der Waals surface area contributed by atoms with Crippen LogP contribution in [0.3, 0.4) is 0 Å². The summed E-state index contributed by atoms with van der Waals surface area (Å²) in [4.78, 5) is 0. The Hall–Kier alpha value is -0.963. The standard InChI is InChI=1S/C16H26O2Si/c1-17-14-10-13(19(3)4)11-15(18-2)16(14)12-8-6-5-7-9-12/h10-12,19H,5-9H2,1-4H3. The third-order valence-corrected chi connectivity index (χ3v) is 5.91. The van der Waals surface area contributed by atoms with Crippen LogP contribution in [0.25, 0.3) is 0 Å². The average molecular weight is 278 g/mol. The smallest absolute Gasteiger partial charge is 0.125 e. The first-order valence-corrected chi connectivity index (χ1v) is 10.3. The second-order valence-electron chi connectivity index (χ2n) is 5.83. The summed E-state index contributed by atoms with van der Waals surface area (Å²) >= 11 is 0. The molecule has 3 heteroatoms. The van der Waals surface area contributed by atoms with Crippen molar-refractivity contribution in [1.82, 2.24) is 0 Å². The van der Waals surface area contributed by atoms with Gasteiger partial charge >= 0.3 is 0 Å². The molecule has 0 radical (unpaired) electrons. The van der Waals surface area contributed by atoms with Gasteiger partial charge in [-0.3, -0.25) is 0 Å². The van der Waals surface area contributed by atoms with E-state index in [1.807, 2.05) is 0 Å². The molecule has 0 aromatic heterocycles. The molecule has 19 heavy (non-hydrogen) atoms. The van der Waals surface area contributed by atoms with Crippen LogP contribution in [0, 0.1) is 0 Å². The van der Waals surface area contributed by atoms with Gasteiger partial charge in [0.1, 0.15) is 11.5 Å². The van der Waals surface area contributed by atoms with Gasteiger partial charge in [-0.25, -0.2) is 0 Å². The highest BCUT2D eigenvalue weighted by atomic mass is 28.3. The molecule has 0 amide bonds. The summed E-state index contributed by atoms with van der Waals surface area (Å²) in [6.45, 7) is 4.68. The molecule has 0 heterocycles. The maximum atomic E-state index is 5.67. The predicted octanol–water partition coefficient (Wildman–Crippen LogP) is 3.45. The zero-order valence-electron chi connectivity index (χ0n) is 12.7. The molecule has 1 aliphatic carbocycles. The molecular weight excluding hydrogens is 252 g/mol. The quantitative estimate of drug-likeness (QED) is 0.786. The summed E-state index contributed by atoms with van der Waals surface area (Å²) in [6.07, 6.45) is 6.57. The molecule has 0 N–H and O–H groups in total. The van der Waals surface area contributed by atoms with Gasteiger partial charge in [0.25, 0.3) is 0 Å². The van der Waals surface area contributed by atoms with E-state index in [4.69, 9.17) is 9.47 Å². The van der Waals surface area contributed by atoms with Crippen molar-refractivity contribution >= 4 is 14.0 Å². The van der Waals surface area contributed by atoms with Crippen LogP contribution >= 0.6 is 0 Å². The van der Waals surface area contributed by atoms with Gasteiger partial charge in [0, 0.05) is 5.56 Å². The van der Waals surface area contributed by atoms with Gasteiger partial charge in [-0.05, 0) is 30.9 Å². The van der Waals surface area contributed by atoms with Crippen LogP contribution in [0.4, 0.5) is 0 Å². The SMILES string of the molecule is COc1cc([SiH](C)C)cc(OC)c1C1CCCCC1. The molecule has 1 aliphatic rings. The third-order valence-electron chi connectivity index (χ3n) is 4.25. The van der Waals surface area contributed by atoms with Gasteiger partial charge < -0.3 is 9.47 Å². The number of methoxy groups -OCH3 is 2. The Bertz CT molecular complexity index is 398. The Labute approximate surface area is 118 Å². The molecule has 1 saturated carbocycles. The molecule has 0 unspecified atom stereocenters. The van der Waals surface area contributed by atoms with Crippen molar-refractivity contribution in [2.24, 2.45) is 0 Å². The van der Waals surface area contributed by atoms with E-state index in [-0.39, 0.29) is 0 Å². The highest BCUT2D eigenvalue weighted by Crippen LogP contribution is 2.42. The summed E-state index contributed by atoms with van der Waals surface area (Å²) in [5, 5.41) is 1.42. The van der Waals surface area contributed by atoms with Gasteiger partial charge in [0.2, 0.25) is 0 Å². The van der Waals surface area contributed by atoms with Gasteiger partial charge in [-0.2, -0.15) is 0 Å². The third kappa shape index (κ3) is 3.14. The van der Waals surface area contributed by atoms with E-state index in [2.05, 4.69) is 25.2 Å². The molecule has 0 atom stereocenters. The van der Waals surface area contributed by atoms with E-state index in [9.17, 15) is 0 Å². The molecular formula is C16H26O2Si. The summed E-state index contributed by atoms with van der Waals surface area (Å²) < 4.78 is 11.3. The maximum Gasteiger partial charge on any atom is 0.125 e. The Morgan fingerprint density at radius 1 is 0.947 bits per heavy atom. The zero-order chi connectivity index (χ0) is 13.8. The van der Waals surface area contributed by atoms with Gasteiger partial charge in [-0.15, -0.1) is 0 Å². The summed E-state index contributed by atoms with van der Waals surface area (Å²) in [7, 11) is 2.73. The van der Waals surface area contributed by atoms with Gasteiger partial charge in [-0.1, -0.05) is 37.5 Å². The largest absolute Gasteiger partial charge is 0.496 e. The highest BCUT2D eigenvalue weighted by molar-refractivity contribution is 6.70. The van der Waals surface area contributed by atoms with Gasteiger partial charge in [0.05, 0.1) is 23.0 Å². The second kappa shape index (κ2) is 6.46. The van der Waals surface area contributed by atoms with Crippen LogP contribution in [0.1, 0.15) is 43.6 Å². The summed E-state index contributed by atoms with van der Waals surface area (Å²) in [6, 6.07) is 4.51. The molecule has 0 saturated heterocycles. The minimum atomic E-state index is -0.836. The number of hydrogen-bond donors (Lipinski definition) is 0. The van der Waals surface area contributed by atoms with Crippen molar-refractivity contribution in [2.75, 3.05) is 14.2 Å². The van der Waals surface area contributed by atoms with E-state index in [0.717, 1.165) is 11.5 Å². The maximum absolute atomic E-state index is 5.67. The molecule has 106 valence electrons. The highest BCUT2D eigenvalue weighted by Gasteiger charge is 2.24. The van der Waals surface area contributed by atoms with Crippen LogP contribution in [0.2, 0.25) is 13.1 Å². The van der Waals surface area contributed by atoms with Crippen LogP contribution < -0.4 is 14.7 Å². The van der Waals surface area contributed by atoms with Crippen molar-refractivity contribution in [2.45, 2.75) is 51.1 Å². The number of hydrogen-bond acceptors (Lipinski definition) is 2. The second-order valence-corrected chi connectivity index (χ2v) is 8.80. The lowest BCUT2D eigenvalue weighted by Crippen LogP contribution is -2.24. The van der Waals surface area contributed by atoms with Crippen molar-refractivity contribution in [3.8, 4) is 11.5 Å². The summed E-state index contributed by atoms with van der Waals surface area (Å²) in [5.41, 5.74) is 1.31. The van der Waals surface area contributed by atoms with E-state index in [1.165, 1.54) is 42.9 Å². The van der Waals surface area contributed by atoms with Crippen LogP contribution in [-0.4, -0.2) is 23.0 Å². The van der Waals surface area contributed by atoms with Crippen molar-refractivity contribution in [3.63, 3.8) is 0 Å². The van der Waals surface area contributed by atoms with E-state index >= 15 is 0 Å². The van der Waals surface area contributed by atoms with Crippen molar-refractivity contribution in [1.29, 1.82) is 0 Å². The molecule has 2 nitrogen and oxygen atoms in total. The molecule has 0 bridgehead atoms. The monoisotopic (exact) mass is 278 g/mol. The lowest BCUT2D eigenvalue weighted by molar-refractivity contribution is 0.360. The Kier molecular flexibility index (Phi) is 4.91. The van der Waals surface area contributed by atoms with E-state index in [0.29, 0.717) is 5.92 Å². The fraction of sp³-hybridized carbons (Fsp3) is 0.625. The fourth-order valence-corrected chi connectivity index (χ4v) is 4.06. The molecule has 2 rings (SSSR count). The fourth-order valence-electron chi connectivity index (χ4n) is 3.09. The van der Waals surface area contributed by atoms with Crippen LogP contribution in [0.15, 0.2) is 12.1 Å². The minimum Gasteiger partial charge on any atom is -0.496 e. The minimum absolute atomic E-state index is 0.613. The van der Waals surface area contributed by atoms with Crippen molar-refractivity contribution in [3.05, 3.63) is 17.7 Å². The summed E-state index contributed by atoms with van der Waals surface area (Å²) in [5.74, 6) is 2.70. The Morgan fingerprint density at radius 2 is 1.47 bits per heavy atom. The van der Waals surface area contributed by atoms with E-state index in [1.54, 1.807) is 14.2 Å².